The highest BCUT2D eigenvalue weighted by Crippen LogP contribution is 2.33. The number of rotatable bonds is 6. The van der Waals surface area contributed by atoms with Crippen LogP contribution in [0.15, 0.2) is 104 Å². The average Bonchev–Trinajstić information content (AvgIpc) is 3.62. The van der Waals surface area contributed by atoms with Gasteiger partial charge in [0.25, 0.3) is 0 Å². The van der Waals surface area contributed by atoms with Crippen LogP contribution in [0.3, 0.4) is 0 Å². The van der Waals surface area contributed by atoms with Crippen LogP contribution in [0.4, 0.5) is 5.69 Å². The van der Waals surface area contributed by atoms with Crippen molar-refractivity contribution in [3.63, 3.8) is 0 Å². The van der Waals surface area contributed by atoms with Gasteiger partial charge in [-0.3, -0.25) is 29.8 Å². The number of nitrogens with zero attached hydrogens (tertiary/aromatic N) is 5. The van der Waals surface area contributed by atoms with E-state index >= 15 is 0 Å². The summed E-state index contributed by atoms with van der Waals surface area (Å²) in [6.45, 7) is 0. The van der Waals surface area contributed by atoms with Crippen molar-refractivity contribution < 1.29 is 4.79 Å². The molecule has 6 heterocycles. The lowest BCUT2D eigenvalue weighted by molar-refractivity contribution is -0.115. The molecular formula is C31H22N8O. The van der Waals surface area contributed by atoms with Gasteiger partial charge in [-0.25, -0.2) is 0 Å². The predicted octanol–water partition coefficient (Wildman–Crippen LogP) is 5.81. The normalized spacial score (nSPS) is 11.2. The minimum atomic E-state index is -0.107. The third-order valence-electron chi connectivity index (χ3n) is 6.71. The molecule has 40 heavy (non-hydrogen) atoms. The van der Waals surface area contributed by atoms with Crippen LogP contribution < -0.4 is 5.32 Å². The van der Waals surface area contributed by atoms with Gasteiger partial charge in [0.05, 0.1) is 47.1 Å². The first-order valence-corrected chi connectivity index (χ1v) is 12.7. The Morgan fingerprint density at radius 2 is 1.62 bits per heavy atom. The van der Waals surface area contributed by atoms with Crippen LogP contribution in [0.1, 0.15) is 5.56 Å². The average molecular weight is 523 g/mol. The Bertz CT molecular complexity index is 1980. The standard InChI is InChI=1S/C31H22N8O/c40-29(11-19-5-2-1-3-6-19)36-22-12-21(16-33-17-22)26-13-24-28(18-35-26)38-39-31(24)27-14-23-25(37-27)8-10-34-30(23)20-7-4-9-32-15-20/h1-10,12-18,37H,11H2,(H,36,40)(H,38,39). The molecule has 7 aromatic rings. The van der Waals surface area contributed by atoms with E-state index in [4.69, 9.17) is 0 Å². The first kappa shape index (κ1) is 23.4. The van der Waals surface area contributed by atoms with Gasteiger partial charge in [0.1, 0.15) is 5.69 Å². The molecule has 1 aromatic carbocycles. The number of aromatic nitrogens is 7. The van der Waals surface area contributed by atoms with Crippen molar-refractivity contribution in [2.45, 2.75) is 6.42 Å². The first-order chi connectivity index (χ1) is 19.7. The third-order valence-corrected chi connectivity index (χ3v) is 6.71. The number of pyridine rings is 4. The summed E-state index contributed by atoms with van der Waals surface area (Å²) in [5.41, 5.74) is 8.25. The monoisotopic (exact) mass is 522 g/mol. The Kier molecular flexibility index (Phi) is 5.78. The zero-order valence-corrected chi connectivity index (χ0v) is 21.2. The number of H-pyrrole nitrogens is 2. The molecule has 6 aromatic heterocycles. The zero-order chi connectivity index (χ0) is 26.9. The van der Waals surface area contributed by atoms with Gasteiger partial charge in [0, 0.05) is 52.2 Å². The number of fused-ring (bicyclic) bond motifs is 2. The van der Waals surface area contributed by atoms with Crippen LogP contribution in [0.25, 0.3) is 55.7 Å². The van der Waals surface area contributed by atoms with Crippen molar-refractivity contribution in [2.75, 3.05) is 5.32 Å². The molecule has 0 aliphatic rings. The van der Waals surface area contributed by atoms with Crippen LogP contribution in [-0.4, -0.2) is 41.0 Å². The highest BCUT2D eigenvalue weighted by atomic mass is 16.1. The number of nitrogens with one attached hydrogen (secondary N) is 3. The maximum atomic E-state index is 12.6. The van der Waals surface area contributed by atoms with E-state index < -0.39 is 0 Å². The highest BCUT2D eigenvalue weighted by molar-refractivity contribution is 6.00. The number of carbonyl (C=O) groups is 1. The van der Waals surface area contributed by atoms with Crippen LogP contribution in [0.5, 0.6) is 0 Å². The molecule has 0 radical (unpaired) electrons. The van der Waals surface area contributed by atoms with E-state index in [9.17, 15) is 4.79 Å². The summed E-state index contributed by atoms with van der Waals surface area (Å²) >= 11 is 0. The molecule has 0 fully saturated rings. The summed E-state index contributed by atoms with van der Waals surface area (Å²) < 4.78 is 0. The second kappa shape index (κ2) is 9.88. The molecule has 0 spiro atoms. The summed E-state index contributed by atoms with van der Waals surface area (Å²) in [5.74, 6) is -0.107. The fourth-order valence-electron chi connectivity index (χ4n) is 4.83. The minimum absolute atomic E-state index is 0.107. The van der Waals surface area contributed by atoms with E-state index in [1.54, 1.807) is 31.0 Å². The molecule has 0 saturated heterocycles. The van der Waals surface area contributed by atoms with E-state index in [1.807, 2.05) is 66.9 Å². The summed E-state index contributed by atoms with van der Waals surface area (Å²) in [6.07, 6.45) is 10.7. The van der Waals surface area contributed by atoms with E-state index in [2.05, 4.69) is 46.5 Å². The van der Waals surface area contributed by atoms with Gasteiger partial charge in [-0.15, -0.1) is 0 Å². The SMILES string of the molecule is O=C(Cc1ccccc1)Nc1cncc(-c2cc3c(-c4cc5c(-c6cccnc6)nccc5[nH]4)n[nH]c3cn2)c1. The number of hydrogen-bond acceptors (Lipinski definition) is 6. The van der Waals surface area contributed by atoms with Gasteiger partial charge in [-0.2, -0.15) is 5.10 Å². The Hall–Kier alpha value is -5.70. The molecule has 0 atom stereocenters. The van der Waals surface area contributed by atoms with Crippen LogP contribution in [0, 0.1) is 0 Å². The Morgan fingerprint density at radius 1 is 0.750 bits per heavy atom. The summed E-state index contributed by atoms with van der Waals surface area (Å²) in [7, 11) is 0. The second-order valence-corrected chi connectivity index (χ2v) is 9.41. The van der Waals surface area contributed by atoms with E-state index in [0.29, 0.717) is 5.69 Å². The fourth-order valence-corrected chi connectivity index (χ4v) is 4.83. The van der Waals surface area contributed by atoms with Crippen molar-refractivity contribution in [2.24, 2.45) is 0 Å². The molecule has 1 amide bonds. The number of hydrogen-bond donors (Lipinski definition) is 3. The lowest BCUT2D eigenvalue weighted by Gasteiger charge is -2.07. The zero-order valence-electron chi connectivity index (χ0n) is 21.2. The van der Waals surface area contributed by atoms with Crippen LogP contribution in [0.2, 0.25) is 0 Å². The number of anilines is 1. The maximum absolute atomic E-state index is 12.6. The fraction of sp³-hybridized carbons (Fsp3) is 0.0323. The van der Waals surface area contributed by atoms with E-state index in [-0.39, 0.29) is 12.3 Å². The molecule has 0 saturated carbocycles. The summed E-state index contributed by atoms with van der Waals surface area (Å²) in [5, 5.41) is 12.5. The molecule has 0 aliphatic heterocycles. The van der Waals surface area contributed by atoms with E-state index in [1.165, 1.54) is 0 Å². The lowest BCUT2D eigenvalue weighted by Crippen LogP contribution is -2.14. The van der Waals surface area contributed by atoms with E-state index in [0.717, 1.165) is 61.3 Å². The van der Waals surface area contributed by atoms with Gasteiger partial charge in [0.2, 0.25) is 5.91 Å². The number of aromatic amines is 2. The number of carbonyl (C=O) groups excluding carboxylic acids is 1. The van der Waals surface area contributed by atoms with Gasteiger partial charge in [-0.1, -0.05) is 30.3 Å². The summed E-state index contributed by atoms with van der Waals surface area (Å²) in [4.78, 5) is 33.9. The van der Waals surface area contributed by atoms with Crippen molar-refractivity contribution in [3.05, 3.63) is 109 Å². The molecule has 9 heteroatoms. The van der Waals surface area contributed by atoms with Crippen molar-refractivity contribution in [3.8, 4) is 33.9 Å². The molecular weight excluding hydrogens is 500 g/mol. The molecule has 7 rings (SSSR count). The Morgan fingerprint density at radius 3 is 2.50 bits per heavy atom. The predicted molar refractivity (Wildman–Crippen MR) is 154 cm³/mol. The third kappa shape index (κ3) is 4.45. The largest absolute Gasteiger partial charge is 0.353 e. The van der Waals surface area contributed by atoms with Gasteiger partial charge in [-0.05, 0) is 42.0 Å². The second-order valence-electron chi connectivity index (χ2n) is 9.41. The van der Waals surface area contributed by atoms with Crippen molar-refractivity contribution >= 4 is 33.4 Å². The van der Waals surface area contributed by atoms with Gasteiger partial charge >= 0.3 is 0 Å². The van der Waals surface area contributed by atoms with Crippen molar-refractivity contribution in [1.29, 1.82) is 0 Å². The topological polar surface area (TPSA) is 125 Å². The molecule has 0 bridgehead atoms. The van der Waals surface area contributed by atoms with Crippen LogP contribution >= 0.6 is 0 Å². The van der Waals surface area contributed by atoms with Crippen molar-refractivity contribution in [1.82, 2.24) is 35.1 Å². The van der Waals surface area contributed by atoms with Crippen LogP contribution in [-0.2, 0) is 11.2 Å². The molecule has 3 N–H and O–H groups in total. The minimum Gasteiger partial charge on any atom is -0.353 e. The number of benzene rings is 1. The smallest absolute Gasteiger partial charge is 0.228 e. The Balaban J connectivity index is 1.21. The quantitative estimate of drug-likeness (QED) is 0.253. The first-order valence-electron chi connectivity index (χ1n) is 12.7. The molecule has 9 nitrogen and oxygen atoms in total. The molecule has 192 valence electrons. The molecule has 0 aliphatic carbocycles. The summed E-state index contributed by atoms with van der Waals surface area (Å²) in [6, 6.07) is 21.4. The lowest BCUT2D eigenvalue weighted by atomic mass is 10.1. The maximum Gasteiger partial charge on any atom is 0.228 e. The highest BCUT2D eigenvalue weighted by Gasteiger charge is 2.16. The van der Waals surface area contributed by atoms with Gasteiger partial charge in [0.15, 0.2) is 0 Å². The number of amides is 1. The molecule has 0 unspecified atom stereocenters. The van der Waals surface area contributed by atoms with Gasteiger partial charge < -0.3 is 10.3 Å². The Labute approximate surface area is 228 Å².